The molecule has 5 aromatic carbocycles. The normalized spacial score (nSPS) is 11.9. The van der Waals surface area contributed by atoms with Crippen LogP contribution in [0.3, 0.4) is 0 Å². The van der Waals surface area contributed by atoms with E-state index in [9.17, 15) is 5.11 Å². The summed E-state index contributed by atoms with van der Waals surface area (Å²) in [5.74, 6) is 2.32. The van der Waals surface area contributed by atoms with Gasteiger partial charge >= 0.3 is 0 Å². The van der Waals surface area contributed by atoms with E-state index in [1.54, 1.807) is 6.07 Å². The van der Waals surface area contributed by atoms with Crippen molar-refractivity contribution in [1.29, 1.82) is 0 Å². The minimum atomic E-state index is 0.221. The molecule has 0 aliphatic carbocycles. The topological polar surface area (TPSA) is 50.9 Å². The van der Waals surface area contributed by atoms with Gasteiger partial charge in [0, 0.05) is 27.8 Å². The van der Waals surface area contributed by atoms with Crippen molar-refractivity contribution in [2.24, 2.45) is 0 Å². The maximum atomic E-state index is 10.9. The Labute approximate surface area is 277 Å². The molecule has 0 saturated heterocycles. The summed E-state index contributed by atoms with van der Waals surface area (Å²) in [6.45, 7) is 13.4. The lowest BCUT2D eigenvalue weighted by atomic mass is 9.94. The van der Waals surface area contributed by atoms with Gasteiger partial charge in [-0.15, -0.1) is 0 Å². The van der Waals surface area contributed by atoms with Crippen LogP contribution in [0.1, 0.15) is 76.0 Å². The van der Waals surface area contributed by atoms with Crippen molar-refractivity contribution in [3.63, 3.8) is 0 Å². The molecule has 0 unspecified atom stereocenters. The molecule has 47 heavy (non-hydrogen) atoms. The molecule has 0 radical (unpaired) electrons. The molecule has 0 aliphatic rings. The Morgan fingerprint density at radius 1 is 0.574 bits per heavy atom. The van der Waals surface area contributed by atoms with E-state index in [1.807, 2.05) is 18.2 Å². The molecule has 4 nitrogen and oxygen atoms in total. The van der Waals surface area contributed by atoms with Gasteiger partial charge in [0.1, 0.15) is 11.6 Å². The Hall–Kier alpha value is -5.22. The Morgan fingerprint density at radius 3 is 1.98 bits per heavy atom. The van der Waals surface area contributed by atoms with E-state index in [0.717, 1.165) is 61.4 Å². The third-order valence-electron chi connectivity index (χ3n) is 9.21. The number of para-hydroxylation sites is 3. The number of pyridine rings is 1. The lowest BCUT2D eigenvalue weighted by Gasteiger charge is -2.17. The van der Waals surface area contributed by atoms with E-state index in [-0.39, 0.29) is 5.75 Å². The molecule has 1 N–H and O–H groups in total. The summed E-state index contributed by atoms with van der Waals surface area (Å²) in [5.41, 5.74) is 11.4. The molecule has 0 atom stereocenters. The van der Waals surface area contributed by atoms with Crippen LogP contribution < -0.4 is 0 Å². The van der Waals surface area contributed by atoms with Gasteiger partial charge in [-0.2, -0.15) is 0 Å². The van der Waals surface area contributed by atoms with Crippen LogP contribution in [0.15, 0.2) is 115 Å². The van der Waals surface area contributed by atoms with Gasteiger partial charge < -0.3 is 5.11 Å². The van der Waals surface area contributed by atoms with Crippen molar-refractivity contribution in [3.05, 3.63) is 132 Å². The van der Waals surface area contributed by atoms with Crippen molar-refractivity contribution in [2.45, 2.75) is 59.3 Å². The first-order valence-corrected chi connectivity index (χ1v) is 16.6. The smallest absolute Gasteiger partial charge is 0.145 e. The number of nitrogens with zero attached hydrogens (tertiary/aromatic N) is 3. The Kier molecular flexibility index (Phi) is 7.89. The highest BCUT2D eigenvalue weighted by Gasteiger charge is 2.19. The monoisotopic (exact) mass is 615 g/mol. The number of rotatable bonds is 7. The van der Waals surface area contributed by atoms with Gasteiger partial charge in [-0.25, -0.2) is 9.97 Å². The number of phenolic OH excluding ortho intramolecular Hbond substituents is 1. The number of hydrogen-bond donors (Lipinski definition) is 1. The number of imidazole rings is 1. The number of hydrogen-bond acceptors (Lipinski definition) is 3. The number of fused-ring (bicyclic) bond motifs is 2. The van der Waals surface area contributed by atoms with Gasteiger partial charge in [0.25, 0.3) is 0 Å². The zero-order valence-corrected chi connectivity index (χ0v) is 28.0. The highest BCUT2D eigenvalue weighted by Crippen LogP contribution is 2.38. The predicted octanol–water partition coefficient (Wildman–Crippen LogP) is 11.7. The van der Waals surface area contributed by atoms with Crippen molar-refractivity contribution >= 4 is 21.8 Å². The molecule has 234 valence electrons. The van der Waals surface area contributed by atoms with Crippen LogP contribution in [0, 0.1) is 0 Å². The van der Waals surface area contributed by atoms with E-state index in [1.165, 1.54) is 16.7 Å². The van der Waals surface area contributed by atoms with E-state index in [2.05, 4.69) is 137 Å². The van der Waals surface area contributed by atoms with E-state index < -0.39 is 0 Å². The lowest BCUT2D eigenvalue weighted by molar-refractivity contribution is 0.477. The largest absolute Gasteiger partial charge is 0.507 e. The van der Waals surface area contributed by atoms with Crippen molar-refractivity contribution in [1.82, 2.24) is 14.5 Å². The highest BCUT2D eigenvalue weighted by molar-refractivity contribution is 5.98. The molecule has 7 rings (SSSR count). The summed E-state index contributed by atoms with van der Waals surface area (Å²) >= 11 is 0. The molecule has 0 spiro atoms. The van der Waals surface area contributed by atoms with Gasteiger partial charge in [-0.3, -0.25) is 4.57 Å². The molecule has 0 fully saturated rings. The van der Waals surface area contributed by atoms with Crippen molar-refractivity contribution < 1.29 is 5.11 Å². The summed E-state index contributed by atoms with van der Waals surface area (Å²) in [6.07, 6.45) is 0. The number of aromatic hydroxyl groups is 1. The zero-order chi connectivity index (χ0) is 32.8. The summed E-state index contributed by atoms with van der Waals surface area (Å²) in [7, 11) is 0. The SMILES string of the molecule is CC(C)c1cc(C(C)C)cc(-n2c(-c3cccc(-c4cc5cc(C(C)C)ccc5c(-c5ccccc5O)n4)c3)nc3ccccc32)c1. The maximum absolute atomic E-state index is 10.9. The van der Waals surface area contributed by atoms with Crippen LogP contribution in [0.2, 0.25) is 0 Å². The molecule has 4 heteroatoms. The van der Waals surface area contributed by atoms with E-state index >= 15 is 0 Å². The molecular weight excluding hydrogens is 574 g/mol. The highest BCUT2D eigenvalue weighted by atomic mass is 16.3. The summed E-state index contributed by atoms with van der Waals surface area (Å²) in [4.78, 5) is 10.4. The molecule has 7 aromatic rings. The van der Waals surface area contributed by atoms with Crippen LogP contribution in [0.5, 0.6) is 5.75 Å². The Morgan fingerprint density at radius 2 is 1.26 bits per heavy atom. The van der Waals surface area contributed by atoms with Gasteiger partial charge in [0.05, 0.1) is 22.4 Å². The standard InChI is InChI=1S/C43H41N3O/c1-26(2)29-18-19-36-34(20-29)25-39(44-42(36)37-14-7-10-17-41(37)47)30-12-11-13-31(21-30)43-45-38-15-8-9-16-40(38)46(43)35-23-32(27(3)4)22-33(24-35)28(5)6/h7-28,47H,1-6H3. The first-order chi connectivity index (χ1) is 22.7. The van der Waals surface area contributed by atoms with Gasteiger partial charge in [0.15, 0.2) is 0 Å². The van der Waals surface area contributed by atoms with Gasteiger partial charge in [-0.1, -0.05) is 108 Å². The molecule has 0 bridgehead atoms. The fraction of sp³-hybridized carbons (Fsp3) is 0.209. The van der Waals surface area contributed by atoms with E-state index in [0.29, 0.717) is 17.8 Å². The molecule has 2 aromatic heterocycles. The quantitative estimate of drug-likeness (QED) is 0.194. The second-order valence-electron chi connectivity index (χ2n) is 13.5. The van der Waals surface area contributed by atoms with Crippen LogP contribution in [-0.4, -0.2) is 19.6 Å². The number of benzene rings is 5. The Bertz CT molecular complexity index is 2230. The minimum Gasteiger partial charge on any atom is -0.507 e. The van der Waals surface area contributed by atoms with Crippen molar-refractivity contribution in [3.8, 4) is 45.3 Å². The fourth-order valence-electron chi connectivity index (χ4n) is 6.42. The molecule has 0 saturated carbocycles. The summed E-state index contributed by atoms with van der Waals surface area (Å²) < 4.78 is 2.31. The zero-order valence-electron chi connectivity index (χ0n) is 28.0. The first-order valence-electron chi connectivity index (χ1n) is 16.6. The average Bonchev–Trinajstić information content (AvgIpc) is 3.47. The third-order valence-corrected chi connectivity index (χ3v) is 9.21. The second kappa shape index (κ2) is 12.2. The van der Waals surface area contributed by atoms with Crippen molar-refractivity contribution in [2.75, 3.05) is 0 Å². The van der Waals surface area contributed by atoms with Crippen LogP contribution in [-0.2, 0) is 0 Å². The average molecular weight is 616 g/mol. The van der Waals surface area contributed by atoms with E-state index in [4.69, 9.17) is 9.97 Å². The Balaban J connectivity index is 1.44. The lowest BCUT2D eigenvalue weighted by Crippen LogP contribution is -2.02. The summed E-state index contributed by atoms with van der Waals surface area (Å²) in [5, 5.41) is 13.0. The predicted molar refractivity (Wildman–Crippen MR) is 197 cm³/mol. The third kappa shape index (κ3) is 5.69. The number of phenols is 1. The fourth-order valence-corrected chi connectivity index (χ4v) is 6.42. The summed E-state index contributed by atoms with van der Waals surface area (Å²) in [6, 6.07) is 40.1. The molecule has 2 heterocycles. The molecule has 0 aliphatic heterocycles. The van der Waals surface area contributed by atoms with Gasteiger partial charge in [0.2, 0.25) is 0 Å². The minimum absolute atomic E-state index is 0.221. The molecular formula is C43H41N3O. The first kappa shape index (κ1) is 30.4. The van der Waals surface area contributed by atoms with Crippen LogP contribution in [0.25, 0.3) is 61.4 Å². The van der Waals surface area contributed by atoms with Gasteiger partial charge in [-0.05, 0) is 88.4 Å². The van der Waals surface area contributed by atoms with Crippen LogP contribution in [0.4, 0.5) is 0 Å². The second-order valence-corrected chi connectivity index (χ2v) is 13.5. The maximum Gasteiger partial charge on any atom is 0.145 e. The molecule has 0 amide bonds. The number of aromatic nitrogens is 3. The van der Waals surface area contributed by atoms with Crippen LogP contribution >= 0.6 is 0 Å².